The van der Waals surface area contributed by atoms with Crippen LogP contribution in [0.4, 0.5) is 15.2 Å². The third-order valence-electron chi connectivity index (χ3n) is 4.36. The van der Waals surface area contributed by atoms with Gasteiger partial charge >= 0.3 is 0 Å². The number of likely N-dealkylation sites (N-methyl/N-ethyl adjacent to an activating group) is 1. The second-order valence-electron chi connectivity index (χ2n) is 6.08. The first-order valence-electron chi connectivity index (χ1n) is 8.66. The van der Waals surface area contributed by atoms with E-state index in [-0.39, 0.29) is 18.1 Å². The van der Waals surface area contributed by atoms with Crippen LogP contribution < -0.4 is 15.0 Å². The van der Waals surface area contributed by atoms with Crippen molar-refractivity contribution in [3.8, 4) is 17.0 Å². The smallest absolute Gasteiger partial charge is 0.265 e. The molecule has 6 nitrogen and oxygen atoms in total. The number of nitrogens with zero attached hydrogens (tertiary/aromatic N) is 2. The molecule has 0 bridgehead atoms. The highest BCUT2D eigenvalue weighted by Crippen LogP contribution is 2.36. The van der Waals surface area contributed by atoms with Crippen molar-refractivity contribution < 1.29 is 18.7 Å². The number of nitrogens with one attached hydrogen (secondary N) is 1. The van der Waals surface area contributed by atoms with E-state index in [0.29, 0.717) is 28.8 Å². The molecular formula is C20H16FN3O3S. The Kier molecular flexibility index (Phi) is 4.79. The van der Waals surface area contributed by atoms with Crippen LogP contribution in [0.2, 0.25) is 0 Å². The molecule has 2 amide bonds. The zero-order chi connectivity index (χ0) is 19.7. The lowest BCUT2D eigenvalue weighted by atomic mass is 10.1. The quantitative estimate of drug-likeness (QED) is 0.724. The van der Waals surface area contributed by atoms with Crippen LogP contribution >= 0.6 is 11.3 Å². The van der Waals surface area contributed by atoms with E-state index in [1.165, 1.54) is 29.5 Å². The highest BCUT2D eigenvalue weighted by Gasteiger charge is 2.25. The van der Waals surface area contributed by atoms with E-state index >= 15 is 0 Å². The van der Waals surface area contributed by atoms with Gasteiger partial charge in [-0.3, -0.25) is 14.9 Å². The topological polar surface area (TPSA) is 71.5 Å². The number of anilines is 2. The zero-order valence-corrected chi connectivity index (χ0v) is 15.8. The average Bonchev–Trinajstić information content (AvgIpc) is 3.16. The van der Waals surface area contributed by atoms with Crippen molar-refractivity contribution in [2.24, 2.45) is 0 Å². The van der Waals surface area contributed by atoms with Crippen LogP contribution in [-0.2, 0) is 4.79 Å². The maximum absolute atomic E-state index is 13.8. The van der Waals surface area contributed by atoms with Gasteiger partial charge in [-0.25, -0.2) is 9.37 Å². The Balaban J connectivity index is 1.58. The van der Waals surface area contributed by atoms with Crippen LogP contribution in [0.3, 0.4) is 0 Å². The van der Waals surface area contributed by atoms with Crippen LogP contribution in [-0.4, -0.2) is 29.9 Å². The molecule has 142 valence electrons. The molecule has 4 rings (SSSR count). The van der Waals surface area contributed by atoms with Gasteiger partial charge in [0.2, 0.25) is 0 Å². The largest absolute Gasteiger partial charge is 0.482 e. The summed E-state index contributed by atoms with van der Waals surface area (Å²) in [5.74, 6) is -0.590. The molecule has 2 aromatic carbocycles. The van der Waals surface area contributed by atoms with E-state index in [4.69, 9.17) is 4.74 Å². The summed E-state index contributed by atoms with van der Waals surface area (Å²) in [6, 6.07) is 11.3. The van der Waals surface area contributed by atoms with E-state index in [2.05, 4.69) is 10.3 Å². The Morgan fingerprint density at radius 1 is 1.32 bits per heavy atom. The predicted molar refractivity (Wildman–Crippen MR) is 105 cm³/mol. The Morgan fingerprint density at radius 3 is 2.93 bits per heavy atom. The molecule has 1 aliphatic heterocycles. The van der Waals surface area contributed by atoms with Crippen LogP contribution in [0, 0.1) is 5.82 Å². The molecule has 0 saturated heterocycles. The van der Waals surface area contributed by atoms with Gasteiger partial charge in [-0.15, -0.1) is 11.3 Å². The van der Waals surface area contributed by atoms with Crippen molar-refractivity contribution in [3.05, 3.63) is 59.2 Å². The number of fused-ring (bicyclic) bond motifs is 1. The minimum atomic E-state index is -0.587. The lowest BCUT2D eigenvalue weighted by Crippen LogP contribution is -2.38. The van der Waals surface area contributed by atoms with Crippen molar-refractivity contribution >= 4 is 34.0 Å². The van der Waals surface area contributed by atoms with E-state index < -0.39 is 11.7 Å². The molecule has 28 heavy (non-hydrogen) atoms. The molecule has 0 spiro atoms. The maximum atomic E-state index is 13.8. The summed E-state index contributed by atoms with van der Waals surface area (Å²) in [4.78, 5) is 30.4. The van der Waals surface area contributed by atoms with Gasteiger partial charge in [0.1, 0.15) is 11.6 Å². The van der Waals surface area contributed by atoms with E-state index in [1.54, 1.807) is 22.4 Å². The lowest BCUT2D eigenvalue weighted by Gasteiger charge is -2.28. The summed E-state index contributed by atoms with van der Waals surface area (Å²) in [5, 5.41) is 4.77. The molecule has 0 aliphatic carbocycles. The second-order valence-corrected chi connectivity index (χ2v) is 6.94. The van der Waals surface area contributed by atoms with Crippen LogP contribution in [0.1, 0.15) is 17.3 Å². The van der Waals surface area contributed by atoms with Crippen molar-refractivity contribution in [3.63, 3.8) is 0 Å². The SMILES string of the molecule is CCN1C(=O)COc2ccc(-c3csc(NC(=O)c4ccccc4F)n3)cc21. The van der Waals surface area contributed by atoms with E-state index in [9.17, 15) is 14.0 Å². The van der Waals surface area contributed by atoms with Gasteiger partial charge in [0.25, 0.3) is 11.8 Å². The normalized spacial score (nSPS) is 13.1. The van der Waals surface area contributed by atoms with Gasteiger partial charge in [0.15, 0.2) is 11.7 Å². The molecular weight excluding hydrogens is 381 g/mol. The minimum Gasteiger partial charge on any atom is -0.482 e. The summed E-state index contributed by atoms with van der Waals surface area (Å²) in [5.41, 5.74) is 2.09. The van der Waals surface area contributed by atoms with Crippen molar-refractivity contribution in [1.29, 1.82) is 0 Å². The molecule has 0 fully saturated rings. The first-order valence-corrected chi connectivity index (χ1v) is 9.53. The summed E-state index contributed by atoms with van der Waals surface area (Å²) in [6.45, 7) is 2.47. The molecule has 1 aliphatic rings. The Labute approximate surface area is 164 Å². The molecule has 0 atom stereocenters. The number of amides is 2. The molecule has 1 aromatic heterocycles. The highest BCUT2D eigenvalue weighted by atomic mass is 32.1. The lowest BCUT2D eigenvalue weighted by molar-refractivity contribution is -0.121. The van der Waals surface area contributed by atoms with Crippen LogP contribution in [0.5, 0.6) is 5.75 Å². The molecule has 0 saturated carbocycles. The minimum absolute atomic E-state index is 0.0309. The fourth-order valence-electron chi connectivity index (χ4n) is 2.98. The molecule has 2 heterocycles. The number of carbonyl (C=O) groups is 2. The number of hydrogen-bond donors (Lipinski definition) is 1. The van der Waals surface area contributed by atoms with Gasteiger partial charge < -0.3 is 9.64 Å². The number of benzene rings is 2. The number of hydrogen-bond acceptors (Lipinski definition) is 5. The summed E-state index contributed by atoms with van der Waals surface area (Å²) >= 11 is 1.24. The third-order valence-corrected chi connectivity index (χ3v) is 5.11. The number of halogens is 1. The Bertz CT molecular complexity index is 1070. The summed E-state index contributed by atoms with van der Waals surface area (Å²) in [6.07, 6.45) is 0. The molecule has 3 aromatic rings. The van der Waals surface area contributed by atoms with Gasteiger partial charge in [0.05, 0.1) is 16.9 Å². The summed E-state index contributed by atoms with van der Waals surface area (Å²) in [7, 11) is 0. The van der Waals surface area contributed by atoms with Crippen molar-refractivity contribution in [2.45, 2.75) is 6.92 Å². The molecule has 0 unspecified atom stereocenters. The van der Waals surface area contributed by atoms with Gasteiger partial charge in [0, 0.05) is 17.5 Å². The first-order chi connectivity index (χ1) is 13.6. The first kappa shape index (κ1) is 18.1. The zero-order valence-electron chi connectivity index (χ0n) is 14.9. The number of carbonyl (C=O) groups excluding carboxylic acids is 2. The Hall–Kier alpha value is -3.26. The molecule has 8 heteroatoms. The number of rotatable bonds is 4. The molecule has 0 radical (unpaired) electrons. The molecule has 1 N–H and O–H groups in total. The van der Waals surface area contributed by atoms with Gasteiger partial charge in [-0.1, -0.05) is 12.1 Å². The van der Waals surface area contributed by atoms with Gasteiger partial charge in [-0.2, -0.15) is 0 Å². The van der Waals surface area contributed by atoms with Crippen LogP contribution in [0.25, 0.3) is 11.3 Å². The Morgan fingerprint density at radius 2 is 2.14 bits per heavy atom. The standard InChI is InChI=1S/C20H16FN3O3S/c1-2-24-16-9-12(7-8-17(16)27-10-18(24)25)15-11-28-20(22-15)23-19(26)13-5-3-4-6-14(13)21/h3-9,11H,2,10H2,1H3,(H,22,23,26). The fourth-order valence-corrected chi connectivity index (χ4v) is 3.70. The average molecular weight is 397 g/mol. The predicted octanol–water partition coefficient (Wildman–Crippen LogP) is 3.95. The fraction of sp³-hybridized carbons (Fsp3) is 0.150. The third kappa shape index (κ3) is 3.34. The highest BCUT2D eigenvalue weighted by molar-refractivity contribution is 7.14. The van der Waals surface area contributed by atoms with Crippen molar-refractivity contribution in [1.82, 2.24) is 4.98 Å². The van der Waals surface area contributed by atoms with E-state index in [1.807, 2.05) is 19.1 Å². The van der Waals surface area contributed by atoms with Crippen LogP contribution in [0.15, 0.2) is 47.8 Å². The summed E-state index contributed by atoms with van der Waals surface area (Å²) < 4.78 is 19.2. The number of ether oxygens (including phenoxy) is 1. The van der Waals surface area contributed by atoms with Gasteiger partial charge in [-0.05, 0) is 37.3 Å². The van der Waals surface area contributed by atoms with E-state index in [0.717, 1.165) is 5.56 Å². The maximum Gasteiger partial charge on any atom is 0.265 e. The second kappa shape index (κ2) is 7.40. The van der Waals surface area contributed by atoms with Crippen molar-refractivity contribution in [2.75, 3.05) is 23.4 Å². The number of thiazole rings is 1. The number of aromatic nitrogens is 1. The monoisotopic (exact) mass is 397 g/mol.